The number of nitrogens with zero attached hydrogens (tertiary/aromatic N) is 2. The van der Waals surface area contributed by atoms with E-state index < -0.39 is 0 Å². The highest BCUT2D eigenvalue weighted by molar-refractivity contribution is 8.01. The lowest BCUT2D eigenvalue weighted by atomic mass is 10.2. The number of rotatable bonds is 7. The molecule has 10 heteroatoms. The molecule has 0 aliphatic heterocycles. The van der Waals surface area contributed by atoms with Gasteiger partial charge in [-0.3, -0.25) is 9.59 Å². The molecule has 0 fully saturated rings. The monoisotopic (exact) mass is 340 g/mol. The molecule has 0 radical (unpaired) electrons. The maximum atomic E-state index is 11.5. The molecule has 1 aromatic rings. The van der Waals surface area contributed by atoms with Crippen LogP contribution in [-0.4, -0.2) is 40.5 Å². The first kappa shape index (κ1) is 19.1. The van der Waals surface area contributed by atoms with E-state index in [2.05, 4.69) is 15.5 Å². The topological polar surface area (TPSA) is 107 Å². The van der Waals surface area contributed by atoms with Gasteiger partial charge in [0.25, 0.3) is 0 Å². The average Bonchev–Trinajstić information content (AvgIpc) is 2.73. The summed E-state index contributed by atoms with van der Waals surface area (Å²) in [6.07, 6.45) is 0.227. The molecule has 0 saturated heterocycles. The van der Waals surface area contributed by atoms with Gasteiger partial charge < -0.3 is 15.8 Å². The number of thioether (sulfide) groups is 1. The van der Waals surface area contributed by atoms with Crippen molar-refractivity contribution in [2.24, 2.45) is 5.73 Å². The smallest absolute Gasteiger partial charge is 0.316 e. The van der Waals surface area contributed by atoms with Gasteiger partial charge >= 0.3 is 5.97 Å². The first-order valence-corrected chi connectivity index (χ1v) is 7.48. The molecule has 1 amide bonds. The van der Waals surface area contributed by atoms with Crippen molar-refractivity contribution < 1.29 is 14.3 Å². The number of nitrogens with one attached hydrogen (secondary N) is 1. The van der Waals surface area contributed by atoms with E-state index in [1.807, 2.05) is 0 Å². The largest absolute Gasteiger partial charge is 0.465 e. The number of hydrogen-bond donors (Lipinski definition) is 2. The summed E-state index contributed by atoms with van der Waals surface area (Å²) >= 11 is 2.43. The predicted octanol–water partition coefficient (Wildman–Crippen LogP) is 1.29. The molecule has 0 aliphatic carbocycles. The highest BCUT2D eigenvalue weighted by Crippen LogP contribution is 2.25. The first-order chi connectivity index (χ1) is 9.01. The van der Waals surface area contributed by atoms with Gasteiger partial charge in [-0.1, -0.05) is 23.1 Å². The molecule has 0 spiro atoms. The van der Waals surface area contributed by atoms with E-state index in [1.165, 1.54) is 23.1 Å². The Morgan fingerprint density at radius 2 is 2.20 bits per heavy atom. The van der Waals surface area contributed by atoms with Crippen LogP contribution in [0.1, 0.15) is 20.3 Å². The standard InChI is InChI=1S/C10H16N4O3S2.ClH/c1-3-17-8(16)5-18-10-14-13-9(19-10)12-7(15)4-6(2)11;/h6H,3-5,11H2,1-2H3,(H,12,13,15);1H. The van der Waals surface area contributed by atoms with Gasteiger partial charge in [0.05, 0.1) is 12.4 Å². The van der Waals surface area contributed by atoms with E-state index in [9.17, 15) is 9.59 Å². The van der Waals surface area contributed by atoms with Crippen LogP contribution in [0.4, 0.5) is 5.13 Å². The maximum Gasteiger partial charge on any atom is 0.316 e. The summed E-state index contributed by atoms with van der Waals surface area (Å²) in [6.45, 7) is 3.86. The van der Waals surface area contributed by atoms with Crippen LogP contribution in [0.2, 0.25) is 0 Å². The molecule has 0 aliphatic rings. The van der Waals surface area contributed by atoms with E-state index in [0.29, 0.717) is 16.1 Å². The number of anilines is 1. The van der Waals surface area contributed by atoms with Gasteiger partial charge in [-0.05, 0) is 13.8 Å². The summed E-state index contributed by atoms with van der Waals surface area (Å²) in [5.74, 6) is -0.325. The van der Waals surface area contributed by atoms with Crippen LogP contribution in [0.3, 0.4) is 0 Å². The number of esters is 1. The van der Waals surface area contributed by atoms with Crippen LogP contribution in [0.25, 0.3) is 0 Å². The number of carbonyl (C=O) groups is 2. The van der Waals surface area contributed by atoms with Gasteiger partial charge in [0, 0.05) is 12.5 Å². The van der Waals surface area contributed by atoms with Crippen molar-refractivity contribution >= 4 is 52.5 Å². The summed E-state index contributed by atoms with van der Waals surface area (Å²) in [6, 6.07) is -0.203. The van der Waals surface area contributed by atoms with E-state index in [4.69, 9.17) is 10.5 Å². The zero-order valence-corrected chi connectivity index (χ0v) is 13.6. The Balaban J connectivity index is 0.00000361. The van der Waals surface area contributed by atoms with Crippen LogP contribution in [0.15, 0.2) is 4.34 Å². The number of halogens is 1. The number of hydrogen-bond acceptors (Lipinski definition) is 8. The van der Waals surface area contributed by atoms with Crippen LogP contribution in [0.5, 0.6) is 0 Å². The van der Waals surface area contributed by atoms with Crippen molar-refractivity contribution in [3.05, 3.63) is 0 Å². The van der Waals surface area contributed by atoms with Gasteiger partial charge in [0.2, 0.25) is 11.0 Å². The van der Waals surface area contributed by atoms with Gasteiger partial charge in [-0.25, -0.2) is 0 Å². The van der Waals surface area contributed by atoms with Crippen LogP contribution in [-0.2, 0) is 14.3 Å². The average molecular weight is 341 g/mol. The van der Waals surface area contributed by atoms with Gasteiger partial charge in [0.15, 0.2) is 4.34 Å². The SMILES string of the molecule is CCOC(=O)CSc1nnc(NC(=O)CC(C)N)s1.Cl. The first-order valence-electron chi connectivity index (χ1n) is 5.68. The fourth-order valence-corrected chi connectivity index (χ4v) is 2.67. The number of nitrogens with two attached hydrogens (primary N) is 1. The molecular formula is C10H17ClN4O3S2. The summed E-state index contributed by atoms with van der Waals surface area (Å²) in [5, 5.41) is 10.7. The molecule has 7 nitrogen and oxygen atoms in total. The molecule has 0 aromatic carbocycles. The molecular weight excluding hydrogens is 324 g/mol. The third-order valence-corrected chi connectivity index (χ3v) is 3.72. The third kappa shape index (κ3) is 7.63. The van der Waals surface area contributed by atoms with Crippen LogP contribution < -0.4 is 11.1 Å². The second-order valence-corrected chi connectivity index (χ2v) is 5.90. The Hall–Kier alpha value is -0.900. The van der Waals surface area contributed by atoms with Crippen molar-refractivity contribution in [1.29, 1.82) is 0 Å². The van der Waals surface area contributed by atoms with E-state index in [-0.39, 0.29) is 42.5 Å². The number of ether oxygens (including phenoxy) is 1. The van der Waals surface area contributed by atoms with Gasteiger partial charge in [-0.2, -0.15) is 0 Å². The van der Waals surface area contributed by atoms with Crippen LogP contribution in [0, 0.1) is 0 Å². The van der Waals surface area contributed by atoms with Gasteiger partial charge in [0.1, 0.15) is 0 Å². The van der Waals surface area contributed by atoms with E-state index >= 15 is 0 Å². The van der Waals surface area contributed by atoms with Crippen molar-refractivity contribution in [3.63, 3.8) is 0 Å². The van der Waals surface area contributed by atoms with Crippen molar-refractivity contribution in [2.75, 3.05) is 17.7 Å². The lowest BCUT2D eigenvalue weighted by Crippen LogP contribution is -2.23. The Bertz CT molecular complexity index is 442. The zero-order valence-electron chi connectivity index (χ0n) is 11.1. The Morgan fingerprint density at radius 3 is 2.80 bits per heavy atom. The minimum Gasteiger partial charge on any atom is -0.465 e. The highest BCUT2D eigenvalue weighted by atomic mass is 35.5. The quantitative estimate of drug-likeness (QED) is 0.437. The van der Waals surface area contributed by atoms with E-state index in [1.54, 1.807) is 13.8 Å². The van der Waals surface area contributed by atoms with Crippen molar-refractivity contribution in [2.45, 2.75) is 30.6 Å². The zero-order chi connectivity index (χ0) is 14.3. The molecule has 1 heterocycles. The lowest BCUT2D eigenvalue weighted by molar-refractivity contribution is -0.139. The number of amides is 1. The molecule has 1 aromatic heterocycles. The Morgan fingerprint density at radius 1 is 1.50 bits per heavy atom. The highest BCUT2D eigenvalue weighted by Gasteiger charge is 2.11. The molecule has 3 N–H and O–H groups in total. The fourth-order valence-electron chi connectivity index (χ4n) is 1.10. The van der Waals surface area contributed by atoms with Crippen molar-refractivity contribution in [1.82, 2.24) is 10.2 Å². The Labute approximate surface area is 131 Å². The normalized spacial score (nSPS) is 11.3. The maximum absolute atomic E-state index is 11.5. The molecule has 1 rings (SSSR count). The number of aromatic nitrogens is 2. The summed E-state index contributed by atoms with van der Waals surface area (Å²) in [7, 11) is 0. The summed E-state index contributed by atoms with van der Waals surface area (Å²) < 4.78 is 5.39. The lowest BCUT2D eigenvalue weighted by Gasteiger charge is -2.03. The minimum absolute atomic E-state index is 0. The molecule has 1 atom stereocenters. The minimum atomic E-state index is -0.301. The number of carbonyl (C=O) groups excluding carboxylic acids is 2. The summed E-state index contributed by atoms with van der Waals surface area (Å²) in [4.78, 5) is 22.6. The molecule has 114 valence electrons. The van der Waals surface area contributed by atoms with Crippen LogP contribution >= 0.6 is 35.5 Å². The Kier molecular flexibility index (Phi) is 9.47. The van der Waals surface area contributed by atoms with Crippen molar-refractivity contribution in [3.8, 4) is 0 Å². The third-order valence-electron chi connectivity index (χ3n) is 1.78. The second kappa shape index (κ2) is 9.92. The molecule has 20 heavy (non-hydrogen) atoms. The summed E-state index contributed by atoms with van der Waals surface area (Å²) in [5.41, 5.74) is 5.51. The molecule has 0 saturated carbocycles. The second-order valence-electron chi connectivity index (χ2n) is 3.70. The van der Waals surface area contributed by atoms with Gasteiger partial charge in [-0.15, -0.1) is 22.6 Å². The molecule has 1 unspecified atom stereocenters. The molecule has 0 bridgehead atoms. The fraction of sp³-hybridized carbons (Fsp3) is 0.600. The van der Waals surface area contributed by atoms with E-state index in [0.717, 1.165) is 0 Å². The predicted molar refractivity (Wildman–Crippen MR) is 81.4 cm³/mol.